The fourth-order valence-corrected chi connectivity index (χ4v) is 12.3. The molecule has 3 aliphatic heterocycles. The number of hydrogen-bond acceptors (Lipinski definition) is 14. The third-order valence-electron chi connectivity index (χ3n) is 15.4. The van der Waals surface area contributed by atoms with Gasteiger partial charge in [-0.05, 0) is 102 Å². The van der Waals surface area contributed by atoms with Gasteiger partial charge < -0.3 is 29.4 Å². The lowest BCUT2D eigenvalue weighted by Gasteiger charge is -2.58. The van der Waals surface area contributed by atoms with E-state index in [1.807, 2.05) is 24.3 Å². The molecule has 4 fully saturated rings. The monoisotopic (exact) mass is 1010 g/mol. The number of methoxy groups -OCH3 is 1. The lowest BCUT2D eigenvalue weighted by atomic mass is 9.59. The lowest BCUT2D eigenvalue weighted by Crippen LogP contribution is -2.60. The number of morpholine rings is 1. The molecule has 0 unspecified atom stereocenters. The predicted octanol–water partition coefficient (Wildman–Crippen LogP) is 8.57. The SMILES string of the molecule is COc1ccc(CN2CCN(C3CC4(CCN(c5ccc(C(=O)NS(=O)(=O)c6ccc(NCCN7CCOCC7)c([N+](=O)[O-])c6)c(Oc6cnc7[nH]ccc7c6)c5)CC4)C3)[C@H](c3ccccc3C(C)C)C2)cc1. The van der Waals surface area contributed by atoms with Crippen molar-refractivity contribution in [3.05, 3.63) is 142 Å². The number of aromatic nitrogens is 2. The number of nitrogens with zero attached hydrogens (tertiary/aromatic N) is 6. The van der Waals surface area contributed by atoms with E-state index >= 15 is 0 Å². The zero-order valence-electron chi connectivity index (χ0n) is 41.8. The number of anilines is 2. The molecule has 3 saturated heterocycles. The molecule has 4 aromatic carbocycles. The third kappa shape index (κ3) is 11.2. The van der Waals surface area contributed by atoms with Gasteiger partial charge in [-0.1, -0.05) is 50.2 Å². The van der Waals surface area contributed by atoms with Crippen molar-refractivity contribution in [1.82, 2.24) is 29.4 Å². The van der Waals surface area contributed by atoms with Crippen molar-refractivity contribution in [3.63, 3.8) is 0 Å². The summed E-state index contributed by atoms with van der Waals surface area (Å²) in [6.07, 6.45) is 7.65. The molecule has 1 aliphatic carbocycles. The van der Waals surface area contributed by atoms with Crippen molar-refractivity contribution in [2.45, 2.75) is 69.0 Å². The summed E-state index contributed by atoms with van der Waals surface area (Å²) in [5, 5.41) is 16.0. The molecule has 0 bridgehead atoms. The number of pyridine rings is 1. The summed E-state index contributed by atoms with van der Waals surface area (Å²) in [7, 11) is -2.87. The van der Waals surface area contributed by atoms with Crippen LogP contribution in [0.3, 0.4) is 0 Å². The highest BCUT2D eigenvalue weighted by atomic mass is 32.2. The number of amides is 1. The second-order valence-electron chi connectivity index (χ2n) is 20.3. The molecule has 17 nitrogen and oxygen atoms in total. The number of aromatic amines is 1. The highest BCUT2D eigenvalue weighted by Gasteiger charge is 2.50. The Balaban J connectivity index is 0.829. The minimum atomic E-state index is -4.57. The van der Waals surface area contributed by atoms with Crippen LogP contribution in [0.15, 0.2) is 114 Å². The van der Waals surface area contributed by atoms with Crippen LogP contribution in [-0.4, -0.2) is 129 Å². The van der Waals surface area contributed by atoms with Crippen molar-refractivity contribution in [1.29, 1.82) is 0 Å². The Morgan fingerprint density at radius 2 is 1.70 bits per heavy atom. The Bertz CT molecular complexity index is 3040. The minimum absolute atomic E-state index is 0.0228. The van der Waals surface area contributed by atoms with Crippen LogP contribution < -0.4 is 24.4 Å². The second-order valence-corrected chi connectivity index (χ2v) is 22.0. The molecule has 1 atom stereocenters. The fraction of sp³-hybridized carbons (Fsp3) is 0.418. The Morgan fingerprint density at radius 1 is 0.918 bits per heavy atom. The average molecular weight is 1010 g/mol. The summed E-state index contributed by atoms with van der Waals surface area (Å²) in [4.78, 5) is 42.6. The van der Waals surface area contributed by atoms with E-state index in [0.717, 1.165) is 101 Å². The smallest absolute Gasteiger partial charge is 0.293 e. The number of nitro groups is 1. The second kappa shape index (κ2) is 21.5. The third-order valence-corrected chi connectivity index (χ3v) is 16.7. The first-order chi connectivity index (χ1) is 35.3. The Hall–Kier alpha value is -6.57. The number of H-pyrrole nitrogens is 1. The molecule has 2 aromatic heterocycles. The average Bonchev–Trinajstić information content (AvgIpc) is 3.87. The van der Waals surface area contributed by atoms with Crippen LogP contribution in [0.2, 0.25) is 0 Å². The number of nitro benzene ring substituents is 1. The van der Waals surface area contributed by atoms with Gasteiger partial charge in [0.1, 0.15) is 28.6 Å². The van der Waals surface area contributed by atoms with E-state index in [9.17, 15) is 23.3 Å². The Kier molecular flexibility index (Phi) is 14.7. The van der Waals surface area contributed by atoms with Gasteiger partial charge >= 0.3 is 0 Å². The van der Waals surface area contributed by atoms with Gasteiger partial charge in [0.15, 0.2) is 0 Å². The molecular weight excluding hydrogens is 947 g/mol. The van der Waals surface area contributed by atoms with Crippen LogP contribution in [0, 0.1) is 15.5 Å². The number of sulfonamides is 1. The normalized spacial score (nSPS) is 19.0. The number of carbonyl (C=O) groups is 1. The maximum atomic E-state index is 14.1. The van der Waals surface area contributed by atoms with Gasteiger partial charge in [0.25, 0.3) is 21.6 Å². The van der Waals surface area contributed by atoms with E-state index in [1.165, 1.54) is 28.8 Å². The first kappa shape index (κ1) is 50.0. The molecule has 1 spiro atoms. The molecule has 4 aliphatic rings. The van der Waals surface area contributed by atoms with Crippen LogP contribution in [0.1, 0.15) is 78.5 Å². The number of carbonyl (C=O) groups excluding carboxylic acids is 1. The molecule has 5 heterocycles. The number of nitrogens with one attached hydrogen (secondary N) is 3. The highest BCUT2D eigenvalue weighted by Crippen LogP contribution is 2.53. The number of ether oxygens (including phenoxy) is 3. The topological polar surface area (TPSA) is 188 Å². The summed E-state index contributed by atoms with van der Waals surface area (Å²) in [6.45, 7) is 13.9. The molecule has 10 rings (SSSR count). The van der Waals surface area contributed by atoms with Gasteiger partial charge in [-0.15, -0.1) is 0 Å². The minimum Gasteiger partial charge on any atom is -0.497 e. The summed E-state index contributed by atoms with van der Waals surface area (Å²) >= 11 is 0. The maximum absolute atomic E-state index is 14.1. The zero-order valence-corrected chi connectivity index (χ0v) is 42.6. The summed E-state index contributed by atoms with van der Waals surface area (Å²) in [5.41, 5.74) is 5.63. The quantitative estimate of drug-likeness (QED) is 0.0582. The van der Waals surface area contributed by atoms with Crippen molar-refractivity contribution in [3.8, 4) is 17.2 Å². The Morgan fingerprint density at radius 3 is 2.45 bits per heavy atom. The summed E-state index contributed by atoms with van der Waals surface area (Å²) in [5.74, 6) is 0.858. The van der Waals surface area contributed by atoms with Crippen LogP contribution >= 0.6 is 0 Å². The number of rotatable bonds is 17. The van der Waals surface area contributed by atoms with Crippen molar-refractivity contribution in [2.24, 2.45) is 5.41 Å². The molecule has 1 saturated carbocycles. The van der Waals surface area contributed by atoms with E-state index in [0.29, 0.717) is 55.7 Å². The molecule has 73 heavy (non-hydrogen) atoms. The molecule has 1 amide bonds. The van der Waals surface area contributed by atoms with Crippen molar-refractivity contribution in [2.75, 3.05) is 89.4 Å². The standard InChI is InChI=1S/C55H65N9O8S/c1-38(2)46-6-4-5-7-47(46)51-37-61(36-39-8-11-43(70-3)12-9-39)24-25-63(51)42-33-55(34-42)17-21-62(22-18-55)41-10-14-48(52(31-41)72-44-30-40-16-19-57-53(40)58-35-44)54(65)59-73(68,69)45-13-15-49(50(32-45)64(66)67)56-20-23-60-26-28-71-29-27-60/h4-16,19,30-32,35,38,42,51,56H,17-18,20-29,33-34,36-37H2,1-3H3,(H,57,58)(H,59,65)/t51-/m0/s1. The van der Waals surface area contributed by atoms with Crippen molar-refractivity contribution < 1.29 is 32.3 Å². The zero-order chi connectivity index (χ0) is 50.7. The van der Waals surface area contributed by atoms with Gasteiger partial charge in [0.05, 0.1) is 41.9 Å². The molecule has 0 radical (unpaired) electrons. The fourth-order valence-electron chi connectivity index (χ4n) is 11.3. The highest BCUT2D eigenvalue weighted by molar-refractivity contribution is 7.90. The van der Waals surface area contributed by atoms with E-state index in [4.69, 9.17) is 14.2 Å². The van der Waals surface area contributed by atoms with Gasteiger partial charge in [0, 0.05) is 107 Å². The van der Waals surface area contributed by atoms with Crippen LogP contribution in [-0.2, 0) is 21.3 Å². The van der Waals surface area contributed by atoms with Gasteiger partial charge in [0.2, 0.25) is 0 Å². The first-order valence-electron chi connectivity index (χ1n) is 25.4. The number of hydrogen-bond donors (Lipinski definition) is 3. The van der Waals surface area contributed by atoms with E-state index in [-0.39, 0.29) is 22.4 Å². The van der Waals surface area contributed by atoms with E-state index in [1.54, 1.807) is 37.7 Å². The molecule has 3 N–H and O–H groups in total. The summed E-state index contributed by atoms with van der Waals surface area (Å²) < 4.78 is 47.0. The van der Waals surface area contributed by atoms with Crippen LogP contribution in [0.25, 0.3) is 11.0 Å². The van der Waals surface area contributed by atoms with E-state index < -0.39 is 31.4 Å². The number of benzene rings is 4. The van der Waals surface area contributed by atoms with Gasteiger partial charge in [-0.3, -0.25) is 29.6 Å². The number of piperidine rings is 1. The maximum Gasteiger partial charge on any atom is 0.293 e. The van der Waals surface area contributed by atoms with E-state index in [2.05, 4.69) is 89.9 Å². The molecule has 6 aromatic rings. The lowest BCUT2D eigenvalue weighted by molar-refractivity contribution is -0.384. The van der Waals surface area contributed by atoms with Gasteiger partial charge in [-0.25, -0.2) is 18.1 Å². The number of fused-ring (bicyclic) bond motifs is 1. The molecule has 384 valence electrons. The molecule has 18 heteroatoms. The summed E-state index contributed by atoms with van der Waals surface area (Å²) in [6, 6.07) is 30.6. The predicted molar refractivity (Wildman–Crippen MR) is 281 cm³/mol. The number of piperazine rings is 1. The van der Waals surface area contributed by atoms with Crippen LogP contribution in [0.4, 0.5) is 17.1 Å². The van der Waals surface area contributed by atoms with Crippen molar-refractivity contribution >= 4 is 44.0 Å². The van der Waals surface area contributed by atoms with Crippen LogP contribution in [0.5, 0.6) is 17.2 Å². The first-order valence-corrected chi connectivity index (χ1v) is 26.9. The molecular formula is C55H65N9O8S. The Labute approximate surface area is 427 Å². The van der Waals surface area contributed by atoms with Gasteiger partial charge in [-0.2, -0.15) is 0 Å². The largest absolute Gasteiger partial charge is 0.497 e.